The average molecular weight is 452 g/mol. The molecule has 0 N–H and O–H groups in total. The molecule has 4 nitrogen and oxygen atoms in total. The van der Waals surface area contributed by atoms with E-state index in [0.29, 0.717) is 12.1 Å². The second-order valence-electron chi connectivity index (χ2n) is 3.81. The first-order valence-corrected chi connectivity index (χ1v) is 6.79. The third kappa shape index (κ3) is 3.91. The first kappa shape index (κ1) is 17.1. The Bertz CT molecular complexity index is 654. The minimum absolute atomic E-state index is 0.428. The first-order chi connectivity index (χ1) is 9.96. The fraction of sp³-hybridized carbons (Fsp3) is 0.200. The van der Waals surface area contributed by atoms with Crippen LogP contribution in [-0.4, -0.2) is 19.9 Å². The Morgan fingerprint density at radius 1 is 0.636 bits per heavy atom. The highest BCUT2D eigenvalue weighted by atomic mass is 79.9. The molecule has 0 unspecified atom stereocenters. The summed E-state index contributed by atoms with van der Waals surface area (Å²) in [4.78, 5) is 13.5. The summed E-state index contributed by atoms with van der Waals surface area (Å²) in [5.41, 5.74) is -3.48. The van der Waals surface area contributed by atoms with Crippen molar-refractivity contribution >= 4 is 31.9 Å². The predicted octanol–water partition coefficient (Wildman–Crippen LogP) is 4.50. The van der Waals surface area contributed by atoms with Gasteiger partial charge in [-0.1, -0.05) is 0 Å². The van der Waals surface area contributed by atoms with Crippen LogP contribution in [0.25, 0.3) is 11.4 Å². The highest BCUT2D eigenvalue weighted by Crippen LogP contribution is 2.33. The van der Waals surface area contributed by atoms with E-state index in [1.54, 1.807) is 0 Å². The molecule has 0 atom stereocenters. The van der Waals surface area contributed by atoms with Gasteiger partial charge in [-0.15, -0.1) is 0 Å². The fourth-order valence-corrected chi connectivity index (χ4v) is 2.15. The number of halogens is 8. The van der Waals surface area contributed by atoms with Crippen molar-refractivity contribution in [2.75, 3.05) is 0 Å². The summed E-state index contributed by atoms with van der Waals surface area (Å²) >= 11 is 5.36. The number of alkyl halides is 6. The van der Waals surface area contributed by atoms with E-state index in [9.17, 15) is 26.3 Å². The molecule has 0 aliphatic rings. The highest BCUT2D eigenvalue weighted by molar-refractivity contribution is 9.10. The van der Waals surface area contributed by atoms with E-state index in [2.05, 4.69) is 51.8 Å². The lowest BCUT2D eigenvalue weighted by Crippen LogP contribution is -2.11. The Kier molecular flexibility index (Phi) is 4.44. The van der Waals surface area contributed by atoms with Crippen LogP contribution in [-0.2, 0) is 12.4 Å². The van der Waals surface area contributed by atoms with Crippen LogP contribution in [0.5, 0.6) is 0 Å². The van der Waals surface area contributed by atoms with Crippen molar-refractivity contribution in [3.8, 4) is 11.4 Å². The van der Waals surface area contributed by atoms with Gasteiger partial charge in [0.25, 0.3) is 0 Å². The van der Waals surface area contributed by atoms with Crippen molar-refractivity contribution in [1.29, 1.82) is 0 Å². The van der Waals surface area contributed by atoms with Crippen LogP contribution in [0.3, 0.4) is 0 Å². The summed E-state index contributed by atoms with van der Waals surface area (Å²) in [5.74, 6) is 0. The number of rotatable bonds is 1. The van der Waals surface area contributed by atoms with Crippen LogP contribution in [0.1, 0.15) is 11.4 Å². The number of hydrogen-bond donors (Lipinski definition) is 0. The molecule has 118 valence electrons. The summed E-state index contributed by atoms with van der Waals surface area (Å²) in [6, 6.07) is 0.999. The summed E-state index contributed by atoms with van der Waals surface area (Å²) < 4.78 is 75.2. The zero-order chi connectivity index (χ0) is 16.7. The lowest BCUT2D eigenvalue weighted by atomic mass is 10.2. The van der Waals surface area contributed by atoms with Crippen LogP contribution < -0.4 is 0 Å². The molecule has 0 aliphatic carbocycles. The second-order valence-corrected chi connectivity index (χ2v) is 5.23. The molecule has 0 radical (unpaired) electrons. The molecule has 0 saturated carbocycles. The number of nitrogens with zero attached hydrogens (tertiary/aromatic N) is 4. The minimum atomic E-state index is -4.78. The highest BCUT2D eigenvalue weighted by Gasteiger charge is 2.35. The summed E-state index contributed by atoms with van der Waals surface area (Å²) in [6.45, 7) is 0. The van der Waals surface area contributed by atoms with Gasteiger partial charge < -0.3 is 0 Å². The first-order valence-electron chi connectivity index (χ1n) is 5.21. The second kappa shape index (κ2) is 5.72. The van der Waals surface area contributed by atoms with Gasteiger partial charge in [0, 0.05) is 0 Å². The molecular formula is C10H2Br2F6N4. The maximum atomic E-state index is 12.7. The van der Waals surface area contributed by atoms with Crippen molar-refractivity contribution in [2.45, 2.75) is 12.4 Å². The molecule has 12 heteroatoms. The Morgan fingerprint density at radius 2 is 0.955 bits per heavy atom. The molecule has 2 aromatic heterocycles. The quantitative estimate of drug-likeness (QED) is 0.473. The monoisotopic (exact) mass is 450 g/mol. The standard InChI is InChI=1S/C10H2Br2F6N4/c11-7-19-3(1-5(21-7)9(13,14)15)4-2-6(10(16,17)18)22-8(12)20-4/h1-2H. The van der Waals surface area contributed by atoms with Crippen molar-refractivity contribution < 1.29 is 26.3 Å². The van der Waals surface area contributed by atoms with Gasteiger partial charge in [-0.3, -0.25) is 0 Å². The van der Waals surface area contributed by atoms with Gasteiger partial charge in [-0.25, -0.2) is 19.9 Å². The van der Waals surface area contributed by atoms with E-state index >= 15 is 0 Å². The van der Waals surface area contributed by atoms with Crippen LogP contribution in [0.2, 0.25) is 0 Å². The van der Waals surface area contributed by atoms with Crippen molar-refractivity contribution in [3.63, 3.8) is 0 Å². The molecule has 0 aliphatic heterocycles. The summed E-state index contributed by atoms with van der Waals surface area (Å²) in [7, 11) is 0. The van der Waals surface area contributed by atoms with E-state index in [1.165, 1.54) is 0 Å². The van der Waals surface area contributed by atoms with E-state index < -0.39 is 44.6 Å². The van der Waals surface area contributed by atoms with Crippen LogP contribution in [0.4, 0.5) is 26.3 Å². The van der Waals surface area contributed by atoms with Gasteiger partial charge >= 0.3 is 12.4 Å². The molecule has 22 heavy (non-hydrogen) atoms. The van der Waals surface area contributed by atoms with E-state index in [4.69, 9.17) is 0 Å². The molecule has 0 fully saturated rings. The Hall–Kier alpha value is -1.30. The van der Waals surface area contributed by atoms with Crippen LogP contribution in [0.15, 0.2) is 21.6 Å². The summed E-state index contributed by atoms with van der Waals surface area (Å²) in [6.07, 6.45) is -9.56. The minimum Gasteiger partial charge on any atom is -0.220 e. The zero-order valence-electron chi connectivity index (χ0n) is 9.97. The van der Waals surface area contributed by atoms with Gasteiger partial charge in [0.15, 0.2) is 9.47 Å². The van der Waals surface area contributed by atoms with Gasteiger partial charge in [0.1, 0.15) is 11.4 Å². The zero-order valence-corrected chi connectivity index (χ0v) is 13.1. The van der Waals surface area contributed by atoms with Crippen molar-refractivity contribution in [3.05, 3.63) is 33.0 Å². The van der Waals surface area contributed by atoms with E-state index in [1.807, 2.05) is 0 Å². The van der Waals surface area contributed by atoms with Crippen molar-refractivity contribution in [1.82, 2.24) is 19.9 Å². The third-order valence-corrected chi connectivity index (χ3v) is 2.95. The number of aromatic nitrogens is 4. The SMILES string of the molecule is FC(F)(F)c1cc(-c2cc(C(F)(F)F)nc(Br)n2)nc(Br)n1. The molecule has 2 rings (SSSR count). The molecule has 0 saturated heterocycles. The maximum Gasteiger partial charge on any atom is 0.433 e. The predicted molar refractivity (Wildman–Crippen MR) is 68.5 cm³/mol. The lowest BCUT2D eigenvalue weighted by Gasteiger charge is -2.10. The average Bonchev–Trinajstić information content (AvgIpc) is 2.35. The third-order valence-electron chi connectivity index (χ3n) is 2.24. The Morgan fingerprint density at radius 3 is 1.23 bits per heavy atom. The molecule has 2 heterocycles. The number of hydrogen-bond acceptors (Lipinski definition) is 4. The van der Waals surface area contributed by atoms with Gasteiger partial charge in [-0.05, 0) is 44.0 Å². The van der Waals surface area contributed by atoms with Crippen LogP contribution >= 0.6 is 31.9 Å². The molecule has 0 spiro atoms. The summed E-state index contributed by atoms with van der Waals surface area (Å²) in [5, 5.41) is 0. The van der Waals surface area contributed by atoms with Gasteiger partial charge in [0.2, 0.25) is 0 Å². The Balaban J connectivity index is 2.62. The largest absolute Gasteiger partial charge is 0.433 e. The molecular weight excluding hydrogens is 450 g/mol. The van der Waals surface area contributed by atoms with E-state index in [-0.39, 0.29) is 0 Å². The molecule has 0 bridgehead atoms. The topological polar surface area (TPSA) is 51.6 Å². The van der Waals surface area contributed by atoms with E-state index in [0.717, 1.165) is 0 Å². The van der Waals surface area contributed by atoms with Gasteiger partial charge in [-0.2, -0.15) is 26.3 Å². The lowest BCUT2D eigenvalue weighted by molar-refractivity contribution is -0.142. The van der Waals surface area contributed by atoms with Gasteiger partial charge in [0.05, 0.1) is 11.4 Å². The maximum absolute atomic E-state index is 12.7. The normalized spacial score (nSPS) is 12.5. The van der Waals surface area contributed by atoms with Crippen LogP contribution in [0, 0.1) is 0 Å². The molecule has 0 amide bonds. The molecule has 0 aromatic carbocycles. The fourth-order valence-electron chi connectivity index (χ4n) is 1.39. The molecule has 2 aromatic rings. The van der Waals surface area contributed by atoms with Crippen molar-refractivity contribution in [2.24, 2.45) is 0 Å². The smallest absolute Gasteiger partial charge is 0.220 e. The Labute approximate surface area is 135 Å².